The third kappa shape index (κ3) is 5.66. The Bertz CT molecular complexity index is 1720. The van der Waals surface area contributed by atoms with Gasteiger partial charge in [0, 0.05) is 17.6 Å². The molecule has 0 bridgehead atoms. The molecule has 5 aromatic rings. The number of ether oxygens (including phenoxy) is 4. The average Bonchev–Trinajstić information content (AvgIpc) is 3.42. The molecule has 14 heteroatoms. The molecule has 2 N–H and O–H groups in total. The molecule has 0 aliphatic rings. The van der Waals surface area contributed by atoms with E-state index < -0.39 is 11.9 Å². The van der Waals surface area contributed by atoms with Crippen LogP contribution in [0.1, 0.15) is 28.0 Å². The van der Waals surface area contributed by atoms with Crippen LogP contribution in [0.25, 0.3) is 16.6 Å². The molecule has 0 atom stereocenters. The van der Waals surface area contributed by atoms with Crippen LogP contribution in [0.3, 0.4) is 0 Å². The van der Waals surface area contributed by atoms with Crippen LogP contribution in [0, 0.1) is 0 Å². The van der Waals surface area contributed by atoms with Gasteiger partial charge in [0.1, 0.15) is 23.0 Å². The number of aromatic carboxylic acids is 1. The largest absolute Gasteiger partial charge is 0.493 e. The number of carboxylic acids is 1. The molecule has 5 rings (SSSR count). The Labute approximate surface area is 232 Å². The molecular weight excluding hydrogens is 534 g/mol. The summed E-state index contributed by atoms with van der Waals surface area (Å²) in [5.41, 5.74) is 0.990. The molecule has 0 saturated heterocycles. The van der Waals surface area contributed by atoms with Gasteiger partial charge >= 0.3 is 5.97 Å². The monoisotopic (exact) mass is 557 g/mol. The Kier molecular flexibility index (Phi) is 7.54. The molecule has 0 unspecified atom stereocenters. The van der Waals surface area contributed by atoms with Crippen LogP contribution in [0.4, 0.5) is 5.82 Å². The van der Waals surface area contributed by atoms with Crippen LogP contribution >= 0.6 is 0 Å². The first kappa shape index (κ1) is 26.8. The van der Waals surface area contributed by atoms with Crippen molar-refractivity contribution in [3.8, 4) is 34.4 Å². The van der Waals surface area contributed by atoms with Gasteiger partial charge in [-0.1, -0.05) is 0 Å². The SMILES string of the molecule is CCOc1cn(-c2cnc(C(=O)O)nc2)nc1C(=O)Nc1ccc(Oc2ccnc3cc(OC)c(OC)cc23)cn1. The number of fused-ring (bicyclic) bond motifs is 1. The van der Waals surface area contributed by atoms with Gasteiger partial charge in [0.05, 0.1) is 51.1 Å². The quantitative estimate of drug-likeness (QED) is 0.255. The van der Waals surface area contributed by atoms with Crippen molar-refractivity contribution in [1.82, 2.24) is 29.7 Å². The fourth-order valence-electron chi connectivity index (χ4n) is 3.81. The summed E-state index contributed by atoms with van der Waals surface area (Å²) in [5.74, 6) is 0.309. The van der Waals surface area contributed by atoms with Gasteiger partial charge < -0.3 is 29.4 Å². The molecule has 4 heterocycles. The number of nitrogens with zero attached hydrogens (tertiary/aromatic N) is 6. The molecule has 0 saturated carbocycles. The maximum Gasteiger partial charge on any atom is 0.373 e. The van der Waals surface area contributed by atoms with Crippen molar-refractivity contribution in [2.24, 2.45) is 0 Å². The van der Waals surface area contributed by atoms with Gasteiger partial charge in [-0.15, -0.1) is 0 Å². The lowest BCUT2D eigenvalue weighted by Crippen LogP contribution is -2.15. The van der Waals surface area contributed by atoms with Crippen molar-refractivity contribution >= 4 is 28.6 Å². The van der Waals surface area contributed by atoms with Crippen molar-refractivity contribution in [1.29, 1.82) is 0 Å². The Morgan fingerprint density at radius 1 is 0.927 bits per heavy atom. The summed E-state index contributed by atoms with van der Waals surface area (Å²) in [7, 11) is 3.10. The molecule has 4 aromatic heterocycles. The normalized spacial score (nSPS) is 10.7. The van der Waals surface area contributed by atoms with Gasteiger partial charge in [-0.25, -0.2) is 24.4 Å². The molecule has 14 nitrogen and oxygen atoms in total. The van der Waals surface area contributed by atoms with E-state index in [0.29, 0.717) is 39.6 Å². The van der Waals surface area contributed by atoms with E-state index in [1.165, 1.54) is 29.5 Å². The van der Waals surface area contributed by atoms with E-state index in [2.05, 4.69) is 30.4 Å². The molecule has 41 heavy (non-hydrogen) atoms. The second kappa shape index (κ2) is 11.5. The van der Waals surface area contributed by atoms with E-state index in [0.717, 1.165) is 0 Å². The lowest BCUT2D eigenvalue weighted by molar-refractivity contribution is 0.0683. The molecule has 1 amide bonds. The standard InChI is InChI=1S/C27H23N7O7/c1-4-40-22-14-34(15-11-30-25(27(36)37)31-12-15)33-24(22)26(35)32-23-6-5-16(13-29-23)41-19-7-8-28-18-10-21(39-3)20(38-2)9-17(18)19/h5-14H,4H2,1-3H3,(H,36,37)(H,29,32,35). The first-order valence-electron chi connectivity index (χ1n) is 12.1. The molecule has 0 aliphatic heterocycles. The Balaban J connectivity index is 1.33. The number of carboxylic acid groups (broad SMARTS) is 1. The maximum absolute atomic E-state index is 13.1. The van der Waals surface area contributed by atoms with Crippen LogP contribution in [-0.4, -0.2) is 67.5 Å². The summed E-state index contributed by atoms with van der Waals surface area (Å²) in [5, 5.41) is 16.7. The minimum atomic E-state index is -1.26. The number of pyridine rings is 2. The number of anilines is 1. The summed E-state index contributed by atoms with van der Waals surface area (Å²) in [6.07, 6.45) is 7.12. The molecule has 0 fully saturated rings. The van der Waals surface area contributed by atoms with Crippen molar-refractivity contribution in [3.05, 3.63) is 72.8 Å². The highest BCUT2D eigenvalue weighted by Gasteiger charge is 2.20. The summed E-state index contributed by atoms with van der Waals surface area (Å²) < 4.78 is 23.7. The summed E-state index contributed by atoms with van der Waals surface area (Å²) in [6.45, 7) is 2.05. The van der Waals surface area contributed by atoms with Crippen LogP contribution in [0.5, 0.6) is 28.7 Å². The van der Waals surface area contributed by atoms with E-state index in [4.69, 9.17) is 24.1 Å². The summed E-state index contributed by atoms with van der Waals surface area (Å²) in [4.78, 5) is 40.3. The minimum Gasteiger partial charge on any atom is -0.493 e. The zero-order valence-electron chi connectivity index (χ0n) is 22.1. The maximum atomic E-state index is 13.1. The molecule has 0 spiro atoms. The fraction of sp³-hybridized carbons (Fsp3) is 0.148. The number of methoxy groups -OCH3 is 2. The average molecular weight is 558 g/mol. The summed E-state index contributed by atoms with van der Waals surface area (Å²) in [6, 6.07) is 8.49. The van der Waals surface area contributed by atoms with Crippen LogP contribution in [0.2, 0.25) is 0 Å². The fourth-order valence-corrected chi connectivity index (χ4v) is 3.81. The van der Waals surface area contributed by atoms with Crippen molar-refractivity contribution < 1.29 is 33.6 Å². The van der Waals surface area contributed by atoms with Crippen molar-refractivity contribution in [2.75, 3.05) is 26.1 Å². The minimum absolute atomic E-state index is 0.0103. The van der Waals surface area contributed by atoms with E-state index in [1.807, 2.05) is 0 Å². The number of benzene rings is 1. The highest BCUT2D eigenvalue weighted by Crippen LogP contribution is 2.36. The topological polar surface area (TPSA) is 173 Å². The molecule has 208 valence electrons. The Morgan fingerprint density at radius 2 is 1.68 bits per heavy atom. The van der Waals surface area contributed by atoms with Crippen molar-refractivity contribution in [2.45, 2.75) is 6.92 Å². The van der Waals surface area contributed by atoms with Crippen molar-refractivity contribution in [3.63, 3.8) is 0 Å². The lowest BCUT2D eigenvalue weighted by Gasteiger charge is -2.12. The van der Waals surface area contributed by atoms with Gasteiger partial charge in [0.15, 0.2) is 22.9 Å². The van der Waals surface area contributed by atoms with E-state index in [9.17, 15) is 9.59 Å². The smallest absolute Gasteiger partial charge is 0.373 e. The third-order valence-corrected chi connectivity index (χ3v) is 5.70. The second-order valence-corrected chi connectivity index (χ2v) is 8.26. The molecule has 0 aliphatic carbocycles. The number of rotatable bonds is 10. The molecular formula is C27H23N7O7. The number of nitrogens with one attached hydrogen (secondary N) is 1. The molecule has 1 aromatic carbocycles. The van der Waals surface area contributed by atoms with Crippen LogP contribution in [-0.2, 0) is 0 Å². The van der Waals surface area contributed by atoms with Gasteiger partial charge in [0.25, 0.3) is 5.91 Å². The lowest BCUT2D eigenvalue weighted by atomic mass is 10.2. The van der Waals surface area contributed by atoms with E-state index in [1.54, 1.807) is 57.7 Å². The van der Waals surface area contributed by atoms with Gasteiger partial charge in [-0.05, 0) is 31.2 Å². The molecule has 0 radical (unpaired) electrons. The Morgan fingerprint density at radius 3 is 2.34 bits per heavy atom. The van der Waals surface area contributed by atoms with Crippen LogP contribution < -0.4 is 24.3 Å². The number of amides is 1. The van der Waals surface area contributed by atoms with Gasteiger partial charge in [-0.3, -0.25) is 9.78 Å². The first-order chi connectivity index (χ1) is 19.9. The highest BCUT2D eigenvalue weighted by atomic mass is 16.5. The van der Waals surface area contributed by atoms with E-state index in [-0.39, 0.29) is 29.7 Å². The first-order valence-corrected chi connectivity index (χ1v) is 12.1. The predicted octanol–water partition coefficient (Wildman–Crippen LogP) is 3.76. The zero-order chi connectivity index (χ0) is 28.9. The number of carbonyl (C=O) groups excluding carboxylic acids is 1. The number of hydrogen-bond donors (Lipinski definition) is 2. The third-order valence-electron chi connectivity index (χ3n) is 5.70. The summed E-state index contributed by atoms with van der Waals surface area (Å²) >= 11 is 0. The van der Waals surface area contributed by atoms with Gasteiger partial charge in [0.2, 0.25) is 5.82 Å². The van der Waals surface area contributed by atoms with Crippen LogP contribution in [0.15, 0.2) is 61.3 Å². The highest BCUT2D eigenvalue weighted by molar-refractivity contribution is 6.04. The number of carbonyl (C=O) groups is 2. The predicted molar refractivity (Wildman–Crippen MR) is 144 cm³/mol. The number of hydrogen-bond acceptors (Lipinski definition) is 11. The Hall–Kier alpha value is -5.79. The van der Waals surface area contributed by atoms with Gasteiger partial charge in [-0.2, -0.15) is 5.10 Å². The zero-order valence-corrected chi connectivity index (χ0v) is 22.1. The number of aromatic nitrogens is 6. The van der Waals surface area contributed by atoms with E-state index >= 15 is 0 Å². The second-order valence-electron chi connectivity index (χ2n) is 8.26.